The number of aromatic nitrogens is 1. The molecule has 0 aliphatic carbocycles. The van der Waals surface area contributed by atoms with Crippen LogP contribution in [-0.4, -0.2) is 15.9 Å². The maximum atomic E-state index is 11.8. The van der Waals surface area contributed by atoms with E-state index in [1.54, 1.807) is 24.3 Å². The molecule has 0 saturated heterocycles. The van der Waals surface area contributed by atoms with E-state index >= 15 is 0 Å². The number of phenols is 1. The lowest BCUT2D eigenvalue weighted by Crippen LogP contribution is -1.94. The number of carbonyl (C=O) groups is 1. The molecule has 0 spiro atoms. The molecule has 0 aliphatic heterocycles. The Kier molecular flexibility index (Phi) is 3.35. The summed E-state index contributed by atoms with van der Waals surface area (Å²) in [6, 6.07) is 6.48. The van der Waals surface area contributed by atoms with Gasteiger partial charge in [0.25, 0.3) is 0 Å². The molecule has 2 rings (SSSR count). The smallest absolute Gasteiger partial charge is 0.189 e. The van der Waals surface area contributed by atoms with Crippen molar-refractivity contribution in [2.75, 3.05) is 0 Å². The van der Waals surface area contributed by atoms with Crippen LogP contribution in [0.5, 0.6) is 5.75 Å². The average molecular weight is 245 g/mol. The zero-order chi connectivity index (χ0) is 12.3. The summed E-state index contributed by atoms with van der Waals surface area (Å²) in [4.78, 5) is 16.0. The number of thiazole rings is 1. The fraction of sp³-hybridized carbons (Fsp3) is 0.0769. The Labute approximate surface area is 103 Å². The second-order valence-electron chi connectivity index (χ2n) is 3.51. The number of carbonyl (C=O) groups excluding carboxylic acids is 1. The number of allylic oxidation sites excluding steroid dienone is 1. The van der Waals surface area contributed by atoms with E-state index in [-0.39, 0.29) is 11.5 Å². The number of hydrogen-bond donors (Lipinski definition) is 1. The standard InChI is InChI=1S/C13H11NO2S/c1-9-14-10(8-17-9)6-7-13(16)11-4-2-3-5-12(11)15/h2-8,15H,1H3. The number of aryl methyl sites for hydroxylation is 1. The number of ketones is 1. The number of benzene rings is 1. The first kappa shape index (κ1) is 11.5. The molecule has 0 unspecified atom stereocenters. The summed E-state index contributed by atoms with van der Waals surface area (Å²) in [7, 11) is 0. The number of nitrogens with zero attached hydrogens (tertiary/aromatic N) is 1. The third-order valence-electron chi connectivity index (χ3n) is 2.21. The largest absolute Gasteiger partial charge is 0.507 e. The third-order valence-corrected chi connectivity index (χ3v) is 3.00. The second-order valence-corrected chi connectivity index (χ2v) is 4.57. The van der Waals surface area contributed by atoms with E-state index in [0.29, 0.717) is 5.56 Å². The molecule has 1 heterocycles. The van der Waals surface area contributed by atoms with Gasteiger partial charge in [0.1, 0.15) is 5.75 Å². The molecule has 17 heavy (non-hydrogen) atoms. The van der Waals surface area contributed by atoms with E-state index in [4.69, 9.17) is 0 Å². The van der Waals surface area contributed by atoms with Crippen LogP contribution in [0.15, 0.2) is 35.7 Å². The van der Waals surface area contributed by atoms with Crippen molar-refractivity contribution in [1.82, 2.24) is 4.98 Å². The van der Waals surface area contributed by atoms with Crippen molar-refractivity contribution in [1.29, 1.82) is 0 Å². The van der Waals surface area contributed by atoms with Crippen LogP contribution >= 0.6 is 11.3 Å². The molecule has 1 aromatic carbocycles. The maximum absolute atomic E-state index is 11.8. The Bertz CT molecular complexity index is 572. The number of aromatic hydroxyl groups is 1. The lowest BCUT2D eigenvalue weighted by atomic mass is 10.1. The van der Waals surface area contributed by atoms with Gasteiger partial charge in [-0.15, -0.1) is 11.3 Å². The van der Waals surface area contributed by atoms with Crippen molar-refractivity contribution in [3.8, 4) is 5.75 Å². The Balaban J connectivity index is 2.17. The van der Waals surface area contributed by atoms with Crippen molar-refractivity contribution in [3.63, 3.8) is 0 Å². The molecule has 0 bridgehead atoms. The molecule has 0 amide bonds. The summed E-state index contributed by atoms with van der Waals surface area (Å²) < 4.78 is 0. The predicted octanol–water partition coefficient (Wildman–Crippen LogP) is 3.05. The Morgan fingerprint density at radius 2 is 2.18 bits per heavy atom. The molecule has 0 fully saturated rings. The Hall–Kier alpha value is -1.94. The molecular weight excluding hydrogens is 234 g/mol. The first-order valence-corrected chi connectivity index (χ1v) is 5.97. The van der Waals surface area contributed by atoms with Gasteiger partial charge in [-0.25, -0.2) is 4.98 Å². The monoisotopic (exact) mass is 245 g/mol. The fourth-order valence-electron chi connectivity index (χ4n) is 1.39. The maximum Gasteiger partial charge on any atom is 0.189 e. The summed E-state index contributed by atoms with van der Waals surface area (Å²) in [6.07, 6.45) is 3.07. The number of hydrogen-bond acceptors (Lipinski definition) is 4. The van der Waals surface area contributed by atoms with Crippen LogP contribution in [-0.2, 0) is 0 Å². The van der Waals surface area contributed by atoms with Gasteiger partial charge in [0, 0.05) is 5.38 Å². The summed E-state index contributed by atoms with van der Waals surface area (Å²) in [6.45, 7) is 1.91. The molecule has 3 nitrogen and oxygen atoms in total. The Morgan fingerprint density at radius 3 is 2.82 bits per heavy atom. The quantitative estimate of drug-likeness (QED) is 0.668. The lowest BCUT2D eigenvalue weighted by Gasteiger charge is -1.98. The van der Waals surface area contributed by atoms with Crippen LogP contribution in [0.2, 0.25) is 0 Å². The summed E-state index contributed by atoms with van der Waals surface area (Å²) in [5.74, 6) is -0.231. The van der Waals surface area contributed by atoms with E-state index < -0.39 is 0 Å². The zero-order valence-corrected chi connectivity index (χ0v) is 10.1. The molecule has 86 valence electrons. The molecule has 1 aromatic heterocycles. The minimum atomic E-state index is -0.228. The van der Waals surface area contributed by atoms with Crippen LogP contribution < -0.4 is 0 Å². The first-order valence-electron chi connectivity index (χ1n) is 5.09. The zero-order valence-electron chi connectivity index (χ0n) is 9.25. The minimum Gasteiger partial charge on any atom is -0.507 e. The summed E-state index contributed by atoms with van der Waals surface area (Å²) in [5, 5.41) is 12.4. The van der Waals surface area contributed by atoms with E-state index in [2.05, 4.69) is 4.98 Å². The highest BCUT2D eigenvalue weighted by atomic mass is 32.1. The van der Waals surface area contributed by atoms with Gasteiger partial charge in [-0.1, -0.05) is 12.1 Å². The van der Waals surface area contributed by atoms with Crippen LogP contribution in [0.3, 0.4) is 0 Å². The summed E-state index contributed by atoms with van der Waals surface area (Å²) in [5.41, 5.74) is 1.06. The van der Waals surface area contributed by atoms with Crippen LogP contribution in [0.4, 0.5) is 0 Å². The molecule has 0 atom stereocenters. The highest BCUT2D eigenvalue weighted by Gasteiger charge is 2.06. The van der Waals surface area contributed by atoms with Gasteiger partial charge in [-0.05, 0) is 31.2 Å². The third kappa shape index (κ3) is 2.79. The van der Waals surface area contributed by atoms with Crippen molar-refractivity contribution in [2.24, 2.45) is 0 Å². The normalized spacial score (nSPS) is 10.9. The molecule has 4 heteroatoms. The Morgan fingerprint density at radius 1 is 1.41 bits per heavy atom. The van der Waals surface area contributed by atoms with Gasteiger partial charge >= 0.3 is 0 Å². The van der Waals surface area contributed by atoms with Gasteiger partial charge in [0.05, 0.1) is 16.3 Å². The van der Waals surface area contributed by atoms with E-state index in [1.807, 2.05) is 12.3 Å². The SMILES string of the molecule is Cc1nc(C=CC(=O)c2ccccc2O)cs1. The van der Waals surface area contributed by atoms with E-state index in [1.165, 1.54) is 23.5 Å². The topological polar surface area (TPSA) is 50.2 Å². The van der Waals surface area contributed by atoms with E-state index in [0.717, 1.165) is 10.7 Å². The highest BCUT2D eigenvalue weighted by Crippen LogP contribution is 2.17. The van der Waals surface area contributed by atoms with E-state index in [9.17, 15) is 9.90 Å². The predicted molar refractivity (Wildman–Crippen MR) is 68.3 cm³/mol. The van der Waals surface area contributed by atoms with Crippen LogP contribution in [0.1, 0.15) is 21.1 Å². The molecule has 0 aliphatic rings. The molecule has 0 saturated carbocycles. The van der Waals surface area contributed by atoms with Gasteiger partial charge in [-0.3, -0.25) is 4.79 Å². The van der Waals surface area contributed by atoms with Gasteiger partial charge in [0.15, 0.2) is 5.78 Å². The fourth-order valence-corrected chi connectivity index (χ4v) is 1.97. The molecule has 1 N–H and O–H groups in total. The van der Waals surface area contributed by atoms with Crippen LogP contribution in [0.25, 0.3) is 6.08 Å². The van der Waals surface area contributed by atoms with Crippen molar-refractivity contribution < 1.29 is 9.90 Å². The average Bonchev–Trinajstić information content (AvgIpc) is 2.73. The van der Waals surface area contributed by atoms with Gasteiger partial charge in [0.2, 0.25) is 0 Å². The number of rotatable bonds is 3. The minimum absolute atomic E-state index is 0.00314. The second kappa shape index (κ2) is 4.93. The molecule has 0 radical (unpaired) electrons. The van der Waals surface area contributed by atoms with Crippen LogP contribution in [0, 0.1) is 6.92 Å². The van der Waals surface area contributed by atoms with Crippen molar-refractivity contribution in [3.05, 3.63) is 52.0 Å². The number of phenolic OH excluding ortho intramolecular Hbond substituents is 1. The van der Waals surface area contributed by atoms with Gasteiger partial charge < -0.3 is 5.11 Å². The van der Waals surface area contributed by atoms with Crippen molar-refractivity contribution >= 4 is 23.2 Å². The molecular formula is C13H11NO2S. The first-order chi connectivity index (χ1) is 8.16. The molecule has 2 aromatic rings. The van der Waals surface area contributed by atoms with Crippen molar-refractivity contribution in [2.45, 2.75) is 6.92 Å². The number of para-hydroxylation sites is 1. The highest BCUT2D eigenvalue weighted by molar-refractivity contribution is 7.09. The lowest BCUT2D eigenvalue weighted by molar-refractivity contribution is 0.104. The summed E-state index contributed by atoms with van der Waals surface area (Å²) >= 11 is 1.53. The van der Waals surface area contributed by atoms with Gasteiger partial charge in [-0.2, -0.15) is 0 Å².